The fraction of sp³-hybridized carbons (Fsp3) is 0.462. The first-order valence-corrected chi connectivity index (χ1v) is 6.63. The van der Waals surface area contributed by atoms with Crippen LogP contribution in [0.15, 0.2) is 22.7 Å². The van der Waals surface area contributed by atoms with Crippen molar-refractivity contribution in [1.29, 1.82) is 0 Å². The molecule has 1 saturated heterocycles. The van der Waals surface area contributed by atoms with Crippen molar-refractivity contribution in [3.05, 3.63) is 28.2 Å². The molecule has 0 saturated carbocycles. The number of benzene rings is 1. The maximum Gasteiger partial charge on any atom is 0.323 e. The van der Waals surface area contributed by atoms with Gasteiger partial charge >= 0.3 is 5.97 Å². The zero-order valence-corrected chi connectivity index (χ0v) is 12.0. The Kier molecular flexibility index (Phi) is 4.24. The summed E-state index contributed by atoms with van der Waals surface area (Å²) < 4.78 is 11.6. The molecule has 1 N–H and O–H groups in total. The number of aryl methyl sites for hydroxylation is 1. The van der Waals surface area contributed by atoms with Gasteiger partial charge in [0.25, 0.3) is 0 Å². The summed E-state index contributed by atoms with van der Waals surface area (Å²) in [5, 5.41) is 3.09. The number of hydrogen-bond donors (Lipinski definition) is 1. The van der Waals surface area contributed by atoms with Crippen LogP contribution in [-0.4, -0.2) is 31.8 Å². The van der Waals surface area contributed by atoms with Gasteiger partial charge in [-0.1, -0.05) is 15.9 Å². The fourth-order valence-electron chi connectivity index (χ4n) is 2.00. The molecule has 0 radical (unpaired) electrons. The maximum atomic E-state index is 11.4. The van der Waals surface area contributed by atoms with E-state index in [-0.39, 0.29) is 18.1 Å². The Balaban J connectivity index is 1.95. The van der Waals surface area contributed by atoms with Crippen LogP contribution in [0.2, 0.25) is 0 Å². The number of halogens is 1. The lowest BCUT2D eigenvalue weighted by Crippen LogP contribution is -2.31. The van der Waals surface area contributed by atoms with Crippen LogP contribution in [0.5, 0.6) is 5.75 Å². The number of hydrogen-bond acceptors (Lipinski definition) is 4. The summed E-state index contributed by atoms with van der Waals surface area (Å²) in [5.41, 5.74) is 1.13. The average Bonchev–Trinajstić information content (AvgIpc) is 2.81. The van der Waals surface area contributed by atoms with Gasteiger partial charge < -0.3 is 14.8 Å². The largest absolute Gasteiger partial charge is 0.489 e. The van der Waals surface area contributed by atoms with Gasteiger partial charge in [-0.2, -0.15) is 0 Å². The molecule has 0 amide bonds. The Labute approximate surface area is 115 Å². The number of esters is 1. The minimum Gasteiger partial charge on any atom is -0.489 e. The summed E-state index contributed by atoms with van der Waals surface area (Å²) >= 11 is 3.45. The first kappa shape index (κ1) is 13.4. The van der Waals surface area contributed by atoms with Crippen LogP contribution >= 0.6 is 15.9 Å². The van der Waals surface area contributed by atoms with E-state index in [2.05, 4.69) is 21.2 Å². The minimum atomic E-state index is -0.253. The molecular weight excluding hydrogens is 298 g/mol. The molecular formula is C13H16BrNO3. The van der Waals surface area contributed by atoms with E-state index in [1.54, 1.807) is 0 Å². The standard InChI is InChI=1S/C13H16BrNO3/c1-8-5-9(3-4-11(8)14)18-10-6-12(15-7-10)13(16)17-2/h3-5,10,12,15H,6-7H2,1-2H3/t10-,12+/m1/s1. The van der Waals surface area contributed by atoms with Crippen molar-refractivity contribution >= 4 is 21.9 Å². The number of carbonyl (C=O) groups is 1. The molecule has 1 aromatic rings. The molecule has 2 atom stereocenters. The van der Waals surface area contributed by atoms with Crippen molar-refractivity contribution in [3.63, 3.8) is 0 Å². The molecule has 1 aliphatic rings. The summed E-state index contributed by atoms with van der Waals surface area (Å²) in [7, 11) is 1.40. The maximum absolute atomic E-state index is 11.4. The molecule has 1 heterocycles. The SMILES string of the molecule is COC(=O)[C@@H]1C[C@@H](Oc2ccc(Br)c(C)c2)CN1. The molecule has 0 unspecified atom stereocenters. The van der Waals surface area contributed by atoms with E-state index in [0.29, 0.717) is 13.0 Å². The van der Waals surface area contributed by atoms with Crippen LogP contribution in [0.3, 0.4) is 0 Å². The van der Waals surface area contributed by atoms with E-state index in [4.69, 9.17) is 9.47 Å². The second-order valence-electron chi connectivity index (χ2n) is 4.37. The molecule has 0 aliphatic carbocycles. The third-order valence-corrected chi connectivity index (χ3v) is 3.90. The Morgan fingerprint density at radius 3 is 2.94 bits per heavy atom. The van der Waals surface area contributed by atoms with Crippen LogP contribution in [0.4, 0.5) is 0 Å². The Bertz CT molecular complexity index is 450. The van der Waals surface area contributed by atoms with E-state index < -0.39 is 0 Å². The van der Waals surface area contributed by atoms with Crippen molar-refractivity contribution in [1.82, 2.24) is 5.32 Å². The molecule has 1 aromatic carbocycles. The zero-order chi connectivity index (χ0) is 13.1. The van der Waals surface area contributed by atoms with E-state index >= 15 is 0 Å². The predicted molar refractivity (Wildman–Crippen MR) is 71.7 cm³/mol. The van der Waals surface area contributed by atoms with Gasteiger partial charge in [-0.3, -0.25) is 4.79 Å². The van der Waals surface area contributed by atoms with E-state index in [9.17, 15) is 4.79 Å². The van der Waals surface area contributed by atoms with Crippen molar-refractivity contribution in [3.8, 4) is 5.75 Å². The van der Waals surface area contributed by atoms with Gasteiger partial charge in [0.1, 0.15) is 17.9 Å². The highest BCUT2D eigenvalue weighted by Crippen LogP contribution is 2.24. The second-order valence-corrected chi connectivity index (χ2v) is 5.22. The predicted octanol–water partition coefficient (Wildman–Crippen LogP) is 2.04. The second kappa shape index (κ2) is 5.71. The van der Waals surface area contributed by atoms with Crippen molar-refractivity contribution < 1.29 is 14.3 Å². The van der Waals surface area contributed by atoms with Gasteiger partial charge in [0.15, 0.2) is 0 Å². The quantitative estimate of drug-likeness (QED) is 0.868. The summed E-state index contributed by atoms with van der Waals surface area (Å²) in [6.07, 6.45) is 0.650. The number of rotatable bonds is 3. The topological polar surface area (TPSA) is 47.6 Å². The van der Waals surface area contributed by atoms with Gasteiger partial charge in [0.05, 0.1) is 7.11 Å². The minimum absolute atomic E-state index is 0.00896. The molecule has 5 heteroatoms. The lowest BCUT2D eigenvalue weighted by Gasteiger charge is -2.13. The van der Waals surface area contributed by atoms with E-state index in [0.717, 1.165) is 15.8 Å². The lowest BCUT2D eigenvalue weighted by molar-refractivity contribution is -0.142. The molecule has 1 aliphatic heterocycles. The third kappa shape index (κ3) is 3.03. The molecule has 18 heavy (non-hydrogen) atoms. The number of ether oxygens (including phenoxy) is 2. The first-order valence-electron chi connectivity index (χ1n) is 5.84. The molecule has 2 rings (SSSR count). The molecule has 0 bridgehead atoms. The highest BCUT2D eigenvalue weighted by molar-refractivity contribution is 9.10. The fourth-order valence-corrected chi connectivity index (χ4v) is 2.24. The van der Waals surface area contributed by atoms with Crippen molar-refractivity contribution in [2.75, 3.05) is 13.7 Å². The third-order valence-electron chi connectivity index (χ3n) is 3.01. The summed E-state index contributed by atoms with van der Waals surface area (Å²) in [5.74, 6) is 0.598. The van der Waals surface area contributed by atoms with Gasteiger partial charge in [-0.15, -0.1) is 0 Å². The van der Waals surface area contributed by atoms with Gasteiger partial charge in [0.2, 0.25) is 0 Å². The van der Waals surface area contributed by atoms with Crippen LogP contribution in [-0.2, 0) is 9.53 Å². The molecule has 4 nitrogen and oxygen atoms in total. The van der Waals surface area contributed by atoms with Crippen LogP contribution in [0, 0.1) is 6.92 Å². The number of nitrogens with one attached hydrogen (secondary N) is 1. The Hall–Kier alpha value is -1.07. The highest BCUT2D eigenvalue weighted by Gasteiger charge is 2.31. The Morgan fingerprint density at radius 1 is 1.50 bits per heavy atom. The zero-order valence-electron chi connectivity index (χ0n) is 10.4. The monoisotopic (exact) mass is 313 g/mol. The molecule has 1 fully saturated rings. The smallest absolute Gasteiger partial charge is 0.323 e. The number of carbonyl (C=O) groups excluding carboxylic acids is 1. The van der Waals surface area contributed by atoms with Crippen LogP contribution < -0.4 is 10.1 Å². The summed E-state index contributed by atoms with van der Waals surface area (Å²) in [6.45, 7) is 2.68. The van der Waals surface area contributed by atoms with Gasteiger partial charge in [0, 0.05) is 17.4 Å². The van der Waals surface area contributed by atoms with Crippen LogP contribution in [0.1, 0.15) is 12.0 Å². The van der Waals surface area contributed by atoms with Crippen molar-refractivity contribution in [2.45, 2.75) is 25.5 Å². The Morgan fingerprint density at radius 2 is 2.28 bits per heavy atom. The van der Waals surface area contributed by atoms with E-state index in [1.807, 2.05) is 25.1 Å². The average molecular weight is 314 g/mol. The first-order chi connectivity index (χ1) is 8.60. The van der Waals surface area contributed by atoms with Crippen LogP contribution in [0.25, 0.3) is 0 Å². The molecule has 0 spiro atoms. The van der Waals surface area contributed by atoms with Crippen molar-refractivity contribution in [2.24, 2.45) is 0 Å². The lowest BCUT2D eigenvalue weighted by atomic mass is 10.2. The van der Waals surface area contributed by atoms with E-state index in [1.165, 1.54) is 7.11 Å². The molecule has 0 aromatic heterocycles. The van der Waals surface area contributed by atoms with Gasteiger partial charge in [-0.25, -0.2) is 0 Å². The summed E-state index contributed by atoms with van der Waals surface area (Å²) in [6, 6.07) is 5.61. The summed E-state index contributed by atoms with van der Waals surface area (Å²) in [4.78, 5) is 11.4. The highest BCUT2D eigenvalue weighted by atomic mass is 79.9. The number of methoxy groups -OCH3 is 1. The molecule has 98 valence electrons. The van der Waals surface area contributed by atoms with Gasteiger partial charge in [-0.05, 0) is 30.7 Å². The normalized spacial score (nSPS) is 22.8.